The lowest BCUT2D eigenvalue weighted by Gasteiger charge is -2.16. The van der Waals surface area contributed by atoms with Gasteiger partial charge >= 0.3 is 6.03 Å². The van der Waals surface area contributed by atoms with Crippen molar-refractivity contribution in [1.29, 1.82) is 0 Å². The molecule has 7 nitrogen and oxygen atoms in total. The van der Waals surface area contributed by atoms with E-state index < -0.39 is 6.03 Å². The maximum absolute atomic E-state index is 11.9. The summed E-state index contributed by atoms with van der Waals surface area (Å²) >= 11 is 1.58. The molecule has 8 heteroatoms. The molecule has 0 bridgehead atoms. The molecular weight excluding hydrogens is 316 g/mol. The van der Waals surface area contributed by atoms with Crippen LogP contribution in [0.3, 0.4) is 0 Å². The summed E-state index contributed by atoms with van der Waals surface area (Å²) < 4.78 is 0. The highest BCUT2D eigenvalue weighted by Gasteiger charge is 2.17. The molecule has 0 aliphatic carbocycles. The van der Waals surface area contributed by atoms with E-state index in [2.05, 4.69) is 16.0 Å². The molecule has 1 heterocycles. The smallest absolute Gasteiger partial charge is 0.321 e. The summed E-state index contributed by atoms with van der Waals surface area (Å²) in [4.78, 5) is 37.0. The van der Waals surface area contributed by atoms with Crippen LogP contribution in [0.25, 0.3) is 0 Å². The summed E-state index contributed by atoms with van der Waals surface area (Å²) in [5.74, 6) is -0.500. The van der Waals surface area contributed by atoms with Crippen molar-refractivity contribution in [2.45, 2.75) is 26.8 Å². The molecule has 4 N–H and O–H groups in total. The minimum atomic E-state index is -0.491. The van der Waals surface area contributed by atoms with E-state index in [0.29, 0.717) is 19.6 Å². The van der Waals surface area contributed by atoms with Crippen LogP contribution >= 0.6 is 11.3 Å². The fourth-order valence-electron chi connectivity index (χ4n) is 1.88. The average molecular weight is 341 g/mol. The molecule has 1 aromatic rings. The first kappa shape index (κ1) is 19.1. The summed E-state index contributed by atoms with van der Waals surface area (Å²) in [6.45, 7) is 5.75. The zero-order valence-electron chi connectivity index (χ0n) is 13.6. The van der Waals surface area contributed by atoms with Crippen molar-refractivity contribution in [3.05, 3.63) is 22.4 Å². The van der Waals surface area contributed by atoms with Crippen LogP contribution in [-0.4, -0.2) is 44.0 Å². The molecule has 0 fully saturated rings. The largest absolute Gasteiger partial charge is 0.346 e. The SMILES string of the molecule is CCCNC(=O)NC(=O)C[NH+](CC)CC(=O)NCc1cccs1. The highest BCUT2D eigenvalue weighted by atomic mass is 32.1. The van der Waals surface area contributed by atoms with E-state index in [1.807, 2.05) is 31.4 Å². The number of hydrogen-bond donors (Lipinski definition) is 4. The lowest BCUT2D eigenvalue weighted by Crippen LogP contribution is -3.14. The monoisotopic (exact) mass is 341 g/mol. The number of rotatable bonds is 9. The maximum Gasteiger partial charge on any atom is 0.321 e. The Morgan fingerprint density at radius 2 is 1.87 bits per heavy atom. The number of urea groups is 1. The first-order valence-corrected chi connectivity index (χ1v) is 8.63. The number of nitrogens with one attached hydrogen (secondary N) is 4. The van der Waals surface area contributed by atoms with Crippen LogP contribution < -0.4 is 20.9 Å². The van der Waals surface area contributed by atoms with Crippen LogP contribution in [0.2, 0.25) is 0 Å². The third-order valence-electron chi connectivity index (χ3n) is 3.15. The van der Waals surface area contributed by atoms with Crippen molar-refractivity contribution >= 4 is 29.2 Å². The van der Waals surface area contributed by atoms with Crippen LogP contribution in [0.1, 0.15) is 25.1 Å². The quantitative estimate of drug-likeness (QED) is 0.488. The second kappa shape index (κ2) is 10.7. The minimum absolute atomic E-state index is 0.0858. The molecule has 1 atom stereocenters. The van der Waals surface area contributed by atoms with Crippen LogP contribution in [0.5, 0.6) is 0 Å². The Labute approximate surface area is 140 Å². The topological polar surface area (TPSA) is 91.7 Å². The molecular formula is C15H25N4O3S+. The third kappa shape index (κ3) is 8.32. The van der Waals surface area contributed by atoms with E-state index in [4.69, 9.17) is 0 Å². The molecule has 0 aromatic carbocycles. The Kier molecular flexibility index (Phi) is 8.93. The lowest BCUT2D eigenvalue weighted by molar-refractivity contribution is -0.881. The van der Waals surface area contributed by atoms with Gasteiger partial charge in [0, 0.05) is 11.4 Å². The predicted octanol–water partition coefficient (Wildman–Crippen LogP) is -0.495. The Balaban J connectivity index is 2.30. The number of likely N-dealkylation sites (N-methyl/N-ethyl adjacent to an activating group) is 1. The molecule has 1 unspecified atom stereocenters. The van der Waals surface area contributed by atoms with E-state index in [1.165, 1.54) is 0 Å². The van der Waals surface area contributed by atoms with Gasteiger partial charge in [-0.2, -0.15) is 0 Å². The highest BCUT2D eigenvalue weighted by molar-refractivity contribution is 7.09. The number of hydrogen-bond acceptors (Lipinski definition) is 4. The van der Waals surface area contributed by atoms with E-state index in [0.717, 1.165) is 16.2 Å². The van der Waals surface area contributed by atoms with Crippen LogP contribution in [0, 0.1) is 0 Å². The lowest BCUT2D eigenvalue weighted by atomic mass is 10.4. The molecule has 0 spiro atoms. The molecule has 23 heavy (non-hydrogen) atoms. The summed E-state index contributed by atoms with van der Waals surface area (Å²) in [6.07, 6.45) is 0.804. The Bertz CT molecular complexity index is 505. The molecule has 0 aliphatic rings. The fourth-order valence-corrected chi connectivity index (χ4v) is 2.53. The van der Waals surface area contributed by atoms with Gasteiger partial charge in [0.2, 0.25) is 0 Å². The standard InChI is InChI=1S/C15H24N4O3S/c1-3-7-16-15(22)18-14(21)11-19(4-2)10-13(20)17-9-12-6-5-8-23-12/h5-6,8H,3-4,7,9-11H2,1-2H3,(H,17,20)(H2,16,18,21,22)/p+1. The van der Waals surface area contributed by atoms with Crippen molar-refractivity contribution in [3.8, 4) is 0 Å². The Hall–Kier alpha value is -1.93. The van der Waals surface area contributed by atoms with Gasteiger partial charge < -0.3 is 15.5 Å². The molecule has 1 aromatic heterocycles. The van der Waals surface area contributed by atoms with Gasteiger partial charge in [-0.3, -0.25) is 14.9 Å². The first-order valence-electron chi connectivity index (χ1n) is 7.75. The molecule has 128 valence electrons. The highest BCUT2D eigenvalue weighted by Crippen LogP contribution is 2.06. The zero-order chi connectivity index (χ0) is 17.1. The molecule has 0 saturated heterocycles. The summed E-state index contributed by atoms with van der Waals surface area (Å²) in [7, 11) is 0. The summed E-state index contributed by atoms with van der Waals surface area (Å²) in [5, 5.41) is 9.63. The van der Waals surface area contributed by atoms with Crippen molar-refractivity contribution in [1.82, 2.24) is 16.0 Å². The molecule has 0 radical (unpaired) electrons. The van der Waals surface area contributed by atoms with E-state index >= 15 is 0 Å². The van der Waals surface area contributed by atoms with Gasteiger partial charge in [-0.05, 0) is 24.8 Å². The number of imide groups is 1. The van der Waals surface area contributed by atoms with Crippen molar-refractivity contribution in [3.63, 3.8) is 0 Å². The van der Waals surface area contributed by atoms with Gasteiger partial charge in [0.15, 0.2) is 13.1 Å². The maximum atomic E-state index is 11.9. The molecule has 0 aliphatic heterocycles. The van der Waals surface area contributed by atoms with Crippen LogP contribution in [0.4, 0.5) is 4.79 Å². The number of carbonyl (C=O) groups excluding carboxylic acids is 3. The third-order valence-corrected chi connectivity index (χ3v) is 4.03. The fraction of sp³-hybridized carbons (Fsp3) is 0.533. The summed E-state index contributed by atoms with van der Waals surface area (Å²) in [6, 6.07) is 3.40. The first-order chi connectivity index (χ1) is 11.0. The number of thiophene rings is 1. The zero-order valence-corrected chi connectivity index (χ0v) is 14.4. The van der Waals surface area contributed by atoms with Gasteiger partial charge in [0.05, 0.1) is 13.1 Å². The summed E-state index contributed by atoms with van der Waals surface area (Å²) in [5.41, 5.74) is 0. The van der Waals surface area contributed by atoms with Crippen LogP contribution in [-0.2, 0) is 16.1 Å². The van der Waals surface area contributed by atoms with E-state index in [-0.39, 0.29) is 24.9 Å². The van der Waals surface area contributed by atoms with Gasteiger partial charge in [-0.15, -0.1) is 11.3 Å². The second-order valence-corrected chi connectivity index (χ2v) is 6.15. The number of carbonyl (C=O) groups is 3. The predicted molar refractivity (Wildman–Crippen MR) is 89.2 cm³/mol. The van der Waals surface area contributed by atoms with Gasteiger partial charge in [0.25, 0.3) is 11.8 Å². The van der Waals surface area contributed by atoms with Gasteiger partial charge in [-0.1, -0.05) is 13.0 Å². The minimum Gasteiger partial charge on any atom is -0.346 e. The van der Waals surface area contributed by atoms with Crippen LogP contribution in [0.15, 0.2) is 17.5 Å². The second-order valence-electron chi connectivity index (χ2n) is 5.12. The van der Waals surface area contributed by atoms with Gasteiger partial charge in [-0.25, -0.2) is 4.79 Å². The molecule has 0 saturated carbocycles. The van der Waals surface area contributed by atoms with Crippen molar-refractivity contribution in [2.75, 3.05) is 26.2 Å². The van der Waals surface area contributed by atoms with Gasteiger partial charge in [0.1, 0.15) is 0 Å². The number of amides is 4. The van der Waals surface area contributed by atoms with E-state index in [1.54, 1.807) is 11.3 Å². The van der Waals surface area contributed by atoms with E-state index in [9.17, 15) is 14.4 Å². The average Bonchev–Trinajstić information content (AvgIpc) is 3.03. The van der Waals surface area contributed by atoms with Crippen molar-refractivity contribution < 1.29 is 19.3 Å². The Morgan fingerprint density at radius 1 is 1.13 bits per heavy atom. The Morgan fingerprint density at radius 3 is 2.48 bits per heavy atom. The van der Waals surface area contributed by atoms with Crippen molar-refractivity contribution in [2.24, 2.45) is 0 Å². The molecule has 1 rings (SSSR count). The normalized spacial score (nSPS) is 11.6. The molecule has 4 amide bonds. The number of quaternary nitrogens is 1.